The van der Waals surface area contributed by atoms with Gasteiger partial charge in [-0.2, -0.15) is 0 Å². The van der Waals surface area contributed by atoms with E-state index in [1.54, 1.807) is 30.5 Å². The first kappa shape index (κ1) is 12.9. The van der Waals surface area contributed by atoms with Crippen molar-refractivity contribution in [2.75, 3.05) is 0 Å². The molecule has 1 aromatic carbocycles. The van der Waals surface area contributed by atoms with Gasteiger partial charge in [-0.15, -0.1) is 0 Å². The van der Waals surface area contributed by atoms with Gasteiger partial charge in [0, 0.05) is 22.8 Å². The number of nitrogens with zero attached hydrogens (tertiary/aromatic N) is 1. The Hall–Kier alpha value is -1.58. The number of halogens is 2. The SMILES string of the molecule is O=C(Cn1ccccc1=O)c1cc(Cl)ccc1Cl. The number of hydrogen-bond donors (Lipinski definition) is 0. The molecule has 0 aliphatic rings. The van der Waals surface area contributed by atoms with Gasteiger partial charge in [0.05, 0.1) is 11.6 Å². The van der Waals surface area contributed by atoms with Gasteiger partial charge in [-0.05, 0) is 24.3 Å². The second-order valence-electron chi connectivity index (χ2n) is 3.71. The Morgan fingerprint density at radius 2 is 1.94 bits per heavy atom. The Morgan fingerprint density at radius 1 is 1.17 bits per heavy atom. The van der Waals surface area contributed by atoms with Gasteiger partial charge in [0.15, 0.2) is 5.78 Å². The maximum atomic E-state index is 12.0. The summed E-state index contributed by atoms with van der Waals surface area (Å²) in [4.78, 5) is 23.5. The molecule has 5 heteroatoms. The monoisotopic (exact) mass is 281 g/mol. The van der Waals surface area contributed by atoms with Crippen molar-refractivity contribution in [2.24, 2.45) is 0 Å². The molecule has 2 rings (SSSR count). The summed E-state index contributed by atoms with van der Waals surface area (Å²) in [7, 11) is 0. The van der Waals surface area contributed by atoms with E-state index in [-0.39, 0.29) is 17.9 Å². The van der Waals surface area contributed by atoms with Crippen LogP contribution in [0.1, 0.15) is 10.4 Å². The molecule has 0 amide bonds. The molecule has 0 fully saturated rings. The van der Waals surface area contributed by atoms with Gasteiger partial charge in [0.25, 0.3) is 5.56 Å². The smallest absolute Gasteiger partial charge is 0.250 e. The second kappa shape index (κ2) is 5.38. The molecule has 18 heavy (non-hydrogen) atoms. The predicted octanol–water partition coefficient (Wildman–Crippen LogP) is 3.04. The number of benzene rings is 1. The van der Waals surface area contributed by atoms with Crippen molar-refractivity contribution in [3.8, 4) is 0 Å². The van der Waals surface area contributed by atoms with E-state index < -0.39 is 0 Å². The van der Waals surface area contributed by atoms with E-state index in [0.29, 0.717) is 15.6 Å². The fourth-order valence-electron chi connectivity index (χ4n) is 1.54. The highest BCUT2D eigenvalue weighted by Gasteiger charge is 2.12. The molecule has 2 aromatic rings. The molecule has 0 N–H and O–H groups in total. The third-order valence-electron chi connectivity index (χ3n) is 2.44. The summed E-state index contributed by atoms with van der Waals surface area (Å²) in [5.74, 6) is -0.254. The van der Waals surface area contributed by atoms with Crippen LogP contribution in [0, 0.1) is 0 Å². The number of aromatic nitrogens is 1. The number of rotatable bonds is 3. The molecule has 0 spiro atoms. The van der Waals surface area contributed by atoms with Crippen LogP contribution >= 0.6 is 23.2 Å². The van der Waals surface area contributed by atoms with Gasteiger partial charge in [-0.3, -0.25) is 9.59 Å². The van der Waals surface area contributed by atoms with E-state index in [1.165, 1.54) is 16.7 Å². The minimum absolute atomic E-state index is 0.0558. The van der Waals surface area contributed by atoms with E-state index >= 15 is 0 Å². The molecule has 0 saturated heterocycles. The summed E-state index contributed by atoms with van der Waals surface area (Å²) in [6.45, 7) is -0.0558. The van der Waals surface area contributed by atoms with E-state index in [0.717, 1.165) is 0 Å². The van der Waals surface area contributed by atoms with Crippen molar-refractivity contribution in [3.05, 3.63) is 68.6 Å². The first-order valence-electron chi connectivity index (χ1n) is 5.21. The van der Waals surface area contributed by atoms with Crippen LogP contribution in [-0.2, 0) is 6.54 Å². The van der Waals surface area contributed by atoms with Crippen LogP contribution < -0.4 is 5.56 Å². The van der Waals surface area contributed by atoms with Crippen LogP contribution in [0.2, 0.25) is 10.0 Å². The molecular formula is C13H9Cl2NO2. The number of carbonyl (C=O) groups excluding carboxylic acids is 1. The average Bonchev–Trinajstić information content (AvgIpc) is 2.35. The Balaban J connectivity index is 2.31. The summed E-state index contributed by atoms with van der Waals surface area (Å²) in [6.07, 6.45) is 1.55. The fourth-order valence-corrected chi connectivity index (χ4v) is 1.94. The molecule has 1 aromatic heterocycles. The lowest BCUT2D eigenvalue weighted by atomic mass is 10.1. The third kappa shape index (κ3) is 2.81. The zero-order chi connectivity index (χ0) is 13.1. The first-order chi connectivity index (χ1) is 8.58. The van der Waals surface area contributed by atoms with Gasteiger partial charge in [0.1, 0.15) is 0 Å². The topological polar surface area (TPSA) is 39.1 Å². The van der Waals surface area contributed by atoms with Gasteiger partial charge in [-0.25, -0.2) is 0 Å². The van der Waals surface area contributed by atoms with Crippen LogP contribution in [0.25, 0.3) is 0 Å². The Bertz CT molecular complexity index is 649. The summed E-state index contributed by atoms with van der Waals surface area (Å²) in [5.41, 5.74) is 0.0870. The molecule has 0 atom stereocenters. The van der Waals surface area contributed by atoms with Gasteiger partial charge in [-0.1, -0.05) is 29.3 Å². The number of Topliss-reactive ketones (excluding diaryl/α,β-unsaturated/α-hetero) is 1. The molecule has 0 bridgehead atoms. The second-order valence-corrected chi connectivity index (χ2v) is 4.56. The fraction of sp³-hybridized carbons (Fsp3) is 0.0769. The van der Waals surface area contributed by atoms with Crippen LogP contribution in [0.15, 0.2) is 47.4 Å². The predicted molar refractivity (Wildman–Crippen MR) is 71.5 cm³/mol. The minimum atomic E-state index is -0.254. The van der Waals surface area contributed by atoms with E-state index in [9.17, 15) is 9.59 Å². The third-order valence-corrected chi connectivity index (χ3v) is 3.01. The van der Waals surface area contributed by atoms with Crippen molar-refractivity contribution in [1.29, 1.82) is 0 Å². The first-order valence-corrected chi connectivity index (χ1v) is 5.97. The minimum Gasteiger partial charge on any atom is -0.308 e. The van der Waals surface area contributed by atoms with Crippen molar-refractivity contribution in [2.45, 2.75) is 6.54 Å². The maximum absolute atomic E-state index is 12.0. The molecule has 1 heterocycles. The number of pyridine rings is 1. The van der Waals surface area contributed by atoms with E-state index in [1.807, 2.05) is 0 Å². The lowest BCUT2D eigenvalue weighted by molar-refractivity contribution is 0.0971. The summed E-state index contributed by atoms with van der Waals surface area (Å²) in [5, 5.41) is 0.761. The van der Waals surface area contributed by atoms with Crippen molar-refractivity contribution in [1.82, 2.24) is 4.57 Å². The molecule has 0 saturated carbocycles. The quantitative estimate of drug-likeness (QED) is 0.812. The normalized spacial score (nSPS) is 10.3. The number of ketones is 1. The summed E-state index contributed by atoms with van der Waals surface area (Å²) < 4.78 is 1.32. The highest BCUT2D eigenvalue weighted by molar-refractivity contribution is 6.35. The molecule has 0 unspecified atom stereocenters. The lowest BCUT2D eigenvalue weighted by Gasteiger charge is -2.06. The molecule has 0 aliphatic heterocycles. The molecule has 0 aliphatic carbocycles. The zero-order valence-electron chi connectivity index (χ0n) is 9.27. The highest BCUT2D eigenvalue weighted by Crippen LogP contribution is 2.21. The van der Waals surface area contributed by atoms with Crippen molar-refractivity contribution in [3.63, 3.8) is 0 Å². The van der Waals surface area contributed by atoms with E-state index in [4.69, 9.17) is 23.2 Å². The summed E-state index contributed by atoms with van der Waals surface area (Å²) >= 11 is 11.7. The number of carbonyl (C=O) groups is 1. The van der Waals surface area contributed by atoms with Crippen LogP contribution in [0.3, 0.4) is 0 Å². The standard InChI is InChI=1S/C13H9Cl2NO2/c14-9-4-5-11(15)10(7-9)12(17)8-16-6-2-1-3-13(16)18/h1-7H,8H2. The summed E-state index contributed by atoms with van der Waals surface area (Å²) in [6, 6.07) is 9.37. The molecular weight excluding hydrogens is 273 g/mol. The maximum Gasteiger partial charge on any atom is 0.250 e. The van der Waals surface area contributed by atoms with Crippen LogP contribution in [-0.4, -0.2) is 10.4 Å². The number of hydrogen-bond acceptors (Lipinski definition) is 2. The highest BCUT2D eigenvalue weighted by atomic mass is 35.5. The van der Waals surface area contributed by atoms with Gasteiger partial charge >= 0.3 is 0 Å². The van der Waals surface area contributed by atoms with Crippen LogP contribution in [0.4, 0.5) is 0 Å². The Labute approximate surface area is 114 Å². The molecule has 3 nitrogen and oxygen atoms in total. The average molecular weight is 282 g/mol. The Kier molecular flexibility index (Phi) is 3.84. The lowest BCUT2D eigenvalue weighted by Crippen LogP contribution is -2.22. The van der Waals surface area contributed by atoms with Crippen molar-refractivity contribution >= 4 is 29.0 Å². The van der Waals surface area contributed by atoms with Crippen LogP contribution in [0.5, 0.6) is 0 Å². The van der Waals surface area contributed by atoms with Gasteiger partial charge < -0.3 is 4.57 Å². The largest absolute Gasteiger partial charge is 0.308 e. The van der Waals surface area contributed by atoms with E-state index in [2.05, 4.69) is 0 Å². The van der Waals surface area contributed by atoms with Gasteiger partial charge in [0.2, 0.25) is 0 Å². The van der Waals surface area contributed by atoms with Crippen molar-refractivity contribution < 1.29 is 4.79 Å². The zero-order valence-corrected chi connectivity index (χ0v) is 10.8. The Morgan fingerprint density at radius 3 is 2.67 bits per heavy atom. The molecule has 0 radical (unpaired) electrons. The molecule has 92 valence electrons.